The SMILES string of the molecule is O=C([O-])COCC(=O)NCCc1ccc(Cl)cc1. The highest BCUT2D eigenvalue weighted by Gasteiger charge is 2.01. The van der Waals surface area contributed by atoms with Crippen molar-refractivity contribution < 1.29 is 19.4 Å². The molecule has 6 heteroatoms. The largest absolute Gasteiger partial charge is 0.548 e. The summed E-state index contributed by atoms with van der Waals surface area (Å²) in [4.78, 5) is 21.2. The molecule has 0 aromatic heterocycles. The fourth-order valence-corrected chi connectivity index (χ4v) is 1.40. The Morgan fingerprint density at radius 1 is 1.22 bits per heavy atom. The highest BCUT2D eigenvalue weighted by molar-refractivity contribution is 6.30. The average molecular weight is 271 g/mol. The number of nitrogens with one attached hydrogen (secondary N) is 1. The van der Waals surface area contributed by atoms with E-state index in [1.165, 1.54) is 0 Å². The standard InChI is InChI=1S/C12H14ClNO4/c13-10-3-1-9(2-4-10)5-6-14-11(15)7-18-8-12(16)17/h1-4H,5-8H2,(H,14,15)(H,16,17)/p-1. The van der Waals surface area contributed by atoms with Gasteiger partial charge in [0.05, 0.1) is 12.6 Å². The zero-order valence-electron chi connectivity index (χ0n) is 9.65. The molecule has 0 spiro atoms. The minimum Gasteiger partial charge on any atom is -0.548 e. The molecule has 0 fully saturated rings. The minimum atomic E-state index is -1.34. The van der Waals surface area contributed by atoms with Crippen molar-refractivity contribution in [3.63, 3.8) is 0 Å². The van der Waals surface area contributed by atoms with Crippen molar-refractivity contribution in [2.45, 2.75) is 6.42 Å². The summed E-state index contributed by atoms with van der Waals surface area (Å²) in [6, 6.07) is 7.31. The first-order valence-electron chi connectivity index (χ1n) is 5.36. The zero-order chi connectivity index (χ0) is 13.4. The maximum absolute atomic E-state index is 11.2. The van der Waals surface area contributed by atoms with Gasteiger partial charge < -0.3 is 20.0 Å². The van der Waals surface area contributed by atoms with Gasteiger partial charge in [-0.05, 0) is 24.1 Å². The van der Waals surface area contributed by atoms with Gasteiger partial charge in [-0.1, -0.05) is 23.7 Å². The van der Waals surface area contributed by atoms with E-state index >= 15 is 0 Å². The van der Waals surface area contributed by atoms with Crippen molar-refractivity contribution in [1.82, 2.24) is 5.32 Å². The fourth-order valence-electron chi connectivity index (χ4n) is 1.28. The van der Waals surface area contributed by atoms with Crippen molar-refractivity contribution in [3.05, 3.63) is 34.9 Å². The number of amides is 1. The Hall–Kier alpha value is -1.59. The molecule has 5 nitrogen and oxygen atoms in total. The van der Waals surface area contributed by atoms with Gasteiger partial charge in [-0.15, -0.1) is 0 Å². The van der Waals surface area contributed by atoms with Crippen LogP contribution < -0.4 is 10.4 Å². The van der Waals surface area contributed by atoms with E-state index in [-0.39, 0.29) is 12.5 Å². The van der Waals surface area contributed by atoms with Crippen LogP contribution in [-0.2, 0) is 20.7 Å². The molecule has 0 unspecified atom stereocenters. The molecule has 0 saturated heterocycles. The molecule has 0 aliphatic carbocycles. The van der Waals surface area contributed by atoms with Gasteiger partial charge in [0.15, 0.2) is 0 Å². The Morgan fingerprint density at radius 3 is 2.50 bits per heavy atom. The average Bonchev–Trinajstić information content (AvgIpc) is 2.31. The van der Waals surface area contributed by atoms with Crippen LogP contribution in [0.5, 0.6) is 0 Å². The van der Waals surface area contributed by atoms with Crippen LogP contribution in [0.2, 0.25) is 5.02 Å². The Labute approximate surface area is 110 Å². The van der Waals surface area contributed by atoms with E-state index in [0.29, 0.717) is 18.0 Å². The van der Waals surface area contributed by atoms with Crippen molar-refractivity contribution in [2.24, 2.45) is 0 Å². The van der Waals surface area contributed by atoms with E-state index in [9.17, 15) is 14.7 Å². The quantitative estimate of drug-likeness (QED) is 0.742. The fraction of sp³-hybridized carbons (Fsp3) is 0.333. The second kappa shape index (κ2) is 7.68. The van der Waals surface area contributed by atoms with Crippen molar-refractivity contribution in [2.75, 3.05) is 19.8 Å². The maximum Gasteiger partial charge on any atom is 0.246 e. The minimum absolute atomic E-state index is 0.283. The molecule has 18 heavy (non-hydrogen) atoms. The number of rotatable bonds is 7. The number of carboxylic acids is 1. The molecule has 1 aromatic carbocycles. The van der Waals surface area contributed by atoms with Crippen molar-refractivity contribution in [3.8, 4) is 0 Å². The molecule has 1 amide bonds. The van der Waals surface area contributed by atoms with E-state index < -0.39 is 12.6 Å². The smallest absolute Gasteiger partial charge is 0.246 e. The Balaban J connectivity index is 2.15. The molecule has 1 aromatic rings. The van der Waals surface area contributed by atoms with Crippen LogP contribution >= 0.6 is 11.6 Å². The lowest BCUT2D eigenvalue weighted by Crippen LogP contribution is -2.33. The van der Waals surface area contributed by atoms with Crippen LogP contribution in [0.3, 0.4) is 0 Å². The molecule has 0 atom stereocenters. The lowest BCUT2D eigenvalue weighted by atomic mass is 10.1. The lowest BCUT2D eigenvalue weighted by molar-refractivity contribution is -0.309. The van der Waals surface area contributed by atoms with Crippen LogP contribution in [0.4, 0.5) is 0 Å². The summed E-state index contributed by atoms with van der Waals surface area (Å²) < 4.78 is 4.58. The summed E-state index contributed by atoms with van der Waals surface area (Å²) in [5.41, 5.74) is 1.05. The zero-order valence-corrected chi connectivity index (χ0v) is 10.4. The molecular weight excluding hydrogens is 258 g/mol. The number of benzene rings is 1. The summed E-state index contributed by atoms with van der Waals surface area (Å²) in [6.07, 6.45) is 0.670. The summed E-state index contributed by atoms with van der Waals surface area (Å²) in [7, 11) is 0. The van der Waals surface area contributed by atoms with Gasteiger partial charge in [0, 0.05) is 11.6 Å². The lowest BCUT2D eigenvalue weighted by Gasteiger charge is -2.06. The molecular formula is C12H13ClNO4-. The third kappa shape index (κ3) is 6.22. The Kier molecular flexibility index (Phi) is 6.18. The van der Waals surface area contributed by atoms with E-state index in [2.05, 4.69) is 10.1 Å². The number of ether oxygens (including phenoxy) is 1. The highest BCUT2D eigenvalue weighted by Crippen LogP contribution is 2.09. The van der Waals surface area contributed by atoms with E-state index in [1.54, 1.807) is 12.1 Å². The molecule has 0 heterocycles. The number of carbonyl (C=O) groups is 2. The molecule has 0 bridgehead atoms. The number of hydrogen-bond donors (Lipinski definition) is 1. The van der Waals surface area contributed by atoms with Crippen LogP contribution in [0.1, 0.15) is 5.56 Å². The van der Waals surface area contributed by atoms with E-state index in [0.717, 1.165) is 5.56 Å². The molecule has 0 radical (unpaired) electrons. The first-order chi connectivity index (χ1) is 8.58. The van der Waals surface area contributed by atoms with Crippen LogP contribution in [-0.4, -0.2) is 31.6 Å². The summed E-state index contributed by atoms with van der Waals surface area (Å²) in [5, 5.41) is 13.3. The van der Waals surface area contributed by atoms with E-state index in [1.807, 2.05) is 12.1 Å². The predicted octanol–water partition coefficient (Wildman–Crippen LogP) is -0.235. The third-order valence-corrected chi connectivity index (χ3v) is 2.35. The van der Waals surface area contributed by atoms with Crippen molar-refractivity contribution >= 4 is 23.5 Å². The number of halogens is 1. The monoisotopic (exact) mass is 270 g/mol. The predicted molar refractivity (Wildman–Crippen MR) is 64.0 cm³/mol. The number of aliphatic carboxylic acids is 1. The van der Waals surface area contributed by atoms with Gasteiger partial charge in [-0.2, -0.15) is 0 Å². The van der Waals surface area contributed by atoms with Crippen LogP contribution in [0.15, 0.2) is 24.3 Å². The van der Waals surface area contributed by atoms with E-state index in [4.69, 9.17) is 11.6 Å². The van der Waals surface area contributed by atoms with Crippen molar-refractivity contribution in [1.29, 1.82) is 0 Å². The van der Waals surface area contributed by atoms with Gasteiger partial charge in [0.2, 0.25) is 5.91 Å². The van der Waals surface area contributed by atoms with Crippen LogP contribution in [0.25, 0.3) is 0 Å². The third-order valence-electron chi connectivity index (χ3n) is 2.10. The van der Waals surface area contributed by atoms with Gasteiger partial charge in [0.25, 0.3) is 0 Å². The second-order valence-electron chi connectivity index (χ2n) is 3.59. The second-order valence-corrected chi connectivity index (χ2v) is 4.03. The van der Waals surface area contributed by atoms with Gasteiger partial charge in [-0.3, -0.25) is 4.79 Å². The number of carboxylic acid groups (broad SMARTS) is 1. The Morgan fingerprint density at radius 2 is 1.89 bits per heavy atom. The van der Waals surface area contributed by atoms with Gasteiger partial charge in [0.1, 0.15) is 6.61 Å². The van der Waals surface area contributed by atoms with Gasteiger partial charge >= 0.3 is 0 Å². The maximum atomic E-state index is 11.2. The number of hydrogen-bond acceptors (Lipinski definition) is 4. The first kappa shape index (κ1) is 14.5. The van der Waals surface area contributed by atoms with Crippen LogP contribution in [0, 0.1) is 0 Å². The topological polar surface area (TPSA) is 78.5 Å². The molecule has 0 saturated carbocycles. The molecule has 0 aliphatic heterocycles. The first-order valence-corrected chi connectivity index (χ1v) is 5.74. The normalized spacial score (nSPS) is 10.1. The molecule has 1 N–H and O–H groups in total. The molecule has 1 rings (SSSR count). The molecule has 98 valence electrons. The van der Waals surface area contributed by atoms with Gasteiger partial charge in [-0.25, -0.2) is 0 Å². The highest BCUT2D eigenvalue weighted by atomic mass is 35.5. The summed E-state index contributed by atoms with van der Waals surface area (Å²) in [6.45, 7) is -0.408. The summed E-state index contributed by atoms with van der Waals surface area (Å²) >= 11 is 5.74. The Bertz CT molecular complexity index is 405. The molecule has 0 aliphatic rings. The number of carbonyl (C=O) groups excluding carboxylic acids is 2. The summed E-state index contributed by atoms with van der Waals surface area (Å²) in [5.74, 6) is -1.70.